The van der Waals surface area contributed by atoms with Gasteiger partial charge < -0.3 is 4.74 Å². The predicted octanol–water partition coefficient (Wildman–Crippen LogP) is 2.67. The highest BCUT2D eigenvalue weighted by Crippen LogP contribution is 2.28. The quantitative estimate of drug-likeness (QED) is 0.368. The molecule has 0 aromatic rings. The average molecular weight is 168 g/mol. The molecule has 0 heterocycles. The van der Waals surface area contributed by atoms with E-state index >= 15 is 0 Å². The summed E-state index contributed by atoms with van der Waals surface area (Å²) in [5, 5.41) is 0. The molecule has 2 nitrogen and oxygen atoms in total. The van der Waals surface area contributed by atoms with E-state index in [4.69, 9.17) is 4.74 Å². The second-order valence-corrected chi connectivity index (χ2v) is 3.64. The third-order valence-corrected chi connectivity index (χ3v) is 1.62. The maximum absolute atomic E-state index is 10.1. The average Bonchev–Trinajstić information content (AvgIpc) is 1.85. The number of rotatable bonds is 3. The van der Waals surface area contributed by atoms with E-state index < -0.39 is 0 Å². The zero-order valence-corrected chi connectivity index (χ0v) is 8.18. The van der Waals surface area contributed by atoms with Gasteiger partial charge in [-0.3, -0.25) is 4.79 Å². The maximum atomic E-state index is 10.1. The third-order valence-electron chi connectivity index (χ3n) is 1.62. The lowest BCUT2D eigenvalue weighted by Crippen LogP contribution is -2.10. The predicted molar refractivity (Wildman–Crippen MR) is 49.5 cm³/mol. The minimum atomic E-state index is -0.0329. The molecule has 12 heavy (non-hydrogen) atoms. The molecule has 0 radical (unpaired) electrons. The van der Waals surface area contributed by atoms with Crippen molar-refractivity contribution in [3.63, 3.8) is 0 Å². The summed E-state index contributed by atoms with van der Waals surface area (Å²) in [5.41, 5.74) is 0.920. The summed E-state index contributed by atoms with van der Waals surface area (Å²) in [6.45, 7) is 12.0. The molecule has 0 fully saturated rings. The van der Waals surface area contributed by atoms with E-state index in [9.17, 15) is 4.79 Å². The first-order valence-corrected chi connectivity index (χ1v) is 3.87. The standard InChI is InChI=1S/C10H16O2/c1-6-9(10(3,4)5)8(2)12-7-11/h6-7H,1H2,2-5H3/b9-8-. The molecule has 0 aliphatic heterocycles. The minimum Gasteiger partial charge on any atom is -0.433 e. The van der Waals surface area contributed by atoms with Crippen LogP contribution in [0.5, 0.6) is 0 Å². The van der Waals surface area contributed by atoms with Crippen LogP contribution in [0.25, 0.3) is 0 Å². The highest BCUT2D eigenvalue weighted by atomic mass is 16.5. The number of hydrogen-bond acceptors (Lipinski definition) is 2. The van der Waals surface area contributed by atoms with Crippen molar-refractivity contribution in [2.45, 2.75) is 27.7 Å². The zero-order valence-electron chi connectivity index (χ0n) is 8.18. The van der Waals surface area contributed by atoms with Crippen LogP contribution >= 0.6 is 0 Å². The van der Waals surface area contributed by atoms with Crippen LogP contribution in [0.4, 0.5) is 0 Å². The number of carbonyl (C=O) groups excluding carboxylic acids is 1. The molecule has 0 aliphatic carbocycles. The molecule has 68 valence electrons. The highest BCUT2D eigenvalue weighted by Gasteiger charge is 2.17. The van der Waals surface area contributed by atoms with Gasteiger partial charge in [0.05, 0.1) is 0 Å². The Morgan fingerprint density at radius 3 is 2.17 bits per heavy atom. The van der Waals surface area contributed by atoms with Gasteiger partial charge in [0, 0.05) is 0 Å². The summed E-state index contributed by atoms with van der Waals surface area (Å²) in [7, 11) is 0. The molecule has 2 heteroatoms. The van der Waals surface area contributed by atoms with Crippen molar-refractivity contribution in [1.82, 2.24) is 0 Å². The lowest BCUT2D eigenvalue weighted by Gasteiger charge is -2.21. The molecule has 0 aromatic heterocycles. The lowest BCUT2D eigenvalue weighted by atomic mass is 9.86. The number of allylic oxidation sites excluding steroid dienone is 3. The van der Waals surface area contributed by atoms with E-state index in [1.54, 1.807) is 13.0 Å². The van der Waals surface area contributed by atoms with Gasteiger partial charge in [0.15, 0.2) is 0 Å². The SMILES string of the molecule is C=C/C(=C(\C)OC=O)C(C)(C)C. The number of carbonyl (C=O) groups is 1. The molecule has 0 rings (SSSR count). The Morgan fingerprint density at radius 2 is 1.92 bits per heavy atom. The van der Waals surface area contributed by atoms with Crippen molar-refractivity contribution in [3.8, 4) is 0 Å². The third kappa shape index (κ3) is 2.91. The van der Waals surface area contributed by atoms with Crippen molar-refractivity contribution < 1.29 is 9.53 Å². The molecule has 0 amide bonds. The lowest BCUT2D eigenvalue weighted by molar-refractivity contribution is -0.125. The zero-order chi connectivity index (χ0) is 9.78. The van der Waals surface area contributed by atoms with E-state index in [1.807, 2.05) is 20.8 Å². The Balaban J connectivity index is 4.85. The first-order chi connectivity index (χ1) is 5.43. The second kappa shape index (κ2) is 4.10. The minimum absolute atomic E-state index is 0.0329. The van der Waals surface area contributed by atoms with Crippen molar-refractivity contribution >= 4 is 6.47 Å². The summed E-state index contributed by atoms with van der Waals surface area (Å²) in [6.07, 6.45) is 1.72. The Labute approximate surface area is 73.9 Å². The van der Waals surface area contributed by atoms with Crippen molar-refractivity contribution in [2.75, 3.05) is 0 Å². The fourth-order valence-corrected chi connectivity index (χ4v) is 1.11. The van der Waals surface area contributed by atoms with E-state index in [2.05, 4.69) is 6.58 Å². The summed E-state index contributed by atoms with van der Waals surface area (Å²) < 4.78 is 4.75. The topological polar surface area (TPSA) is 26.3 Å². The van der Waals surface area contributed by atoms with Crippen LogP contribution in [0.3, 0.4) is 0 Å². The monoisotopic (exact) mass is 168 g/mol. The van der Waals surface area contributed by atoms with Gasteiger partial charge in [-0.2, -0.15) is 0 Å². The smallest absolute Gasteiger partial charge is 0.298 e. The van der Waals surface area contributed by atoms with Gasteiger partial charge in [-0.05, 0) is 17.9 Å². The number of hydrogen-bond donors (Lipinski definition) is 0. The molecule has 0 N–H and O–H groups in total. The van der Waals surface area contributed by atoms with Crippen LogP contribution in [-0.2, 0) is 9.53 Å². The molecule has 0 spiro atoms. The summed E-state index contributed by atoms with van der Waals surface area (Å²) in [6, 6.07) is 0. The van der Waals surface area contributed by atoms with Gasteiger partial charge in [-0.1, -0.05) is 33.4 Å². The highest BCUT2D eigenvalue weighted by molar-refractivity contribution is 5.41. The normalized spacial score (nSPS) is 13.3. The van der Waals surface area contributed by atoms with Gasteiger partial charge >= 0.3 is 0 Å². The molecule has 0 saturated carbocycles. The molecule has 0 aliphatic rings. The van der Waals surface area contributed by atoms with Gasteiger partial charge in [0.1, 0.15) is 5.76 Å². The maximum Gasteiger partial charge on any atom is 0.298 e. The van der Waals surface area contributed by atoms with Gasteiger partial charge in [-0.25, -0.2) is 0 Å². The Hall–Kier alpha value is -1.05. The van der Waals surface area contributed by atoms with Crippen molar-refractivity contribution in [1.29, 1.82) is 0 Å². The fraction of sp³-hybridized carbons (Fsp3) is 0.500. The Morgan fingerprint density at radius 1 is 1.42 bits per heavy atom. The molecule has 0 bridgehead atoms. The molecule has 0 unspecified atom stereocenters. The first kappa shape index (κ1) is 11.0. The van der Waals surface area contributed by atoms with Gasteiger partial charge in [0.2, 0.25) is 0 Å². The van der Waals surface area contributed by atoms with Crippen molar-refractivity contribution in [2.24, 2.45) is 5.41 Å². The Kier molecular flexibility index (Phi) is 3.74. The van der Waals surface area contributed by atoms with E-state index in [-0.39, 0.29) is 5.41 Å². The van der Waals surface area contributed by atoms with E-state index in [1.165, 1.54) is 0 Å². The van der Waals surface area contributed by atoms with E-state index in [0.717, 1.165) is 5.57 Å². The fourth-order valence-electron chi connectivity index (χ4n) is 1.11. The largest absolute Gasteiger partial charge is 0.433 e. The van der Waals surface area contributed by atoms with Crippen molar-refractivity contribution in [3.05, 3.63) is 24.0 Å². The van der Waals surface area contributed by atoms with Crippen LogP contribution in [-0.4, -0.2) is 6.47 Å². The first-order valence-electron chi connectivity index (χ1n) is 3.87. The molecular formula is C10H16O2. The number of ether oxygens (including phenoxy) is 1. The summed E-state index contributed by atoms with van der Waals surface area (Å²) >= 11 is 0. The van der Waals surface area contributed by atoms with Crippen LogP contribution in [0, 0.1) is 5.41 Å². The van der Waals surface area contributed by atoms with Crippen LogP contribution in [0.2, 0.25) is 0 Å². The second-order valence-electron chi connectivity index (χ2n) is 3.64. The van der Waals surface area contributed by atoms with E-state index in [0.29, 0.717) is 12.2 Å². The van der Waals surface area contributed by atoms with Crippen LogP contribution in [0.15, 0.2) is 24.0 Å². The van der Waals surface area contributed by atoms with Gasteiger partial charge in [0.25, 0.3) is 6.47 Å². The summed E-state index contributed by atoms with van der Waals surface area (Å²) in [5.74, 6) is 0.618. The molecular weight excluding hydrogens is 152 g/mol. The van der Waals surface area contributed by atoms with Crippen LogP contribution < -0.4 is 0 Å². The molecule has 0 atom stereocenters. The molecule has 0 aromatic carbocycles. The van der Waals surface area contributed by atoms with Crippen LogP contribution in [0.1, 0.15) is 27.7 Å². The molecule has 0 saturated heterocycles. The van der Waals surface area contributed by atoms with Gasteiger partial charge in [-0.15, -0.1) is 0 Å². The Bertz CT molecular complexity index is 206. The summed E-state index contributed by atoms with van der Waals surface area (Å²) in [4.78, 5) is 10.1.